The van der Waals surface area contributed by atoms with Gasteiger partial charge in [-0.2, -0.15) is 5.10 Å². The molecule has 2 aromatic carbocycles. The van der Waals surface area contributed by atoms with E-state index in [1.807, 2.05) is 13.8 Å². The maximum atomic E-state index is 15.2. The SMILES string of the molecule is CC(C)OC(=O)Oc1c2n(ncc1=O)[C@@H](C1c3cccc(F)c3CCc3c(F)cccc31)CN(C(C)C)C2=O. The van der Waals surface area contributed by atoms with Crippen molar-refractivity contribution in [3.8, 4) is 5.75 Å². The van der Waals surface area contributed by atoms with E-state index in [2.05, 4.69) is 5.10 Å². The van der Waals surface area contributed by atoms with E-state index in [4.69, 9.17) is 9.47 Å². The lowest BCUT2D eigenvalue weighted by molar-refractivity contribution is 0.0550. The molecule has 1 amide bonds. The second-order valence-electron chi connectivity index (χ2n) is 10.4. The maximum absolute atomic E-state index is 15.2. The molecule has 1 atom stereocenters. The van der Waals surface area contributed by atoms with Gasteiger partial charge in [0.1, 0.15) is 11.6 Å². The van der Waals surface area contributed by atoms with Crippen LogP contribution in [0.4, 0.5) is 13.6 Å². The van der Waals surface area contributed by atoms with Crippen LogP contribution >= 0.6 is 0 Å². The Bertz CT molecular complexity index is 1460. The normalized spacial score (nSPS) is 17.0. The molecule has 0 radical (unpaired) electrons. The fraction of sp³-hybridized carbons (Fsp3) is 0.379. The predicted octanol–water partition coefficient (Wildman–Crippen LogP) is 4.78. The number of carbonyl (C=O) groups is 2. The molecule has 1 aliphatic carbocycles. The van der Waals surface area contributed by atoms with Gasteiger partial charge >= 0.3 is 6.16 Å². The second-order valence-corrected chi connectivity index (χ2v) is 10.4. The van der Waals surface area contributed by atoms with Crippen LogP contribution in [0.3, 0.4) is 0 Å². The molecule has 0 unspecified atom stereocenters. The van der Waals surface area contributed by atoms with Gasteiger partial charge in [-0.25, -0.2) is 13.6 Å². The van der Waals surface area contributed by atoms with Gasteiger partial charge in [0.05, 0.1) is 18.3 Å². The van der Waals surface area contributed by atoms with Crippen molar-refractivity contribution in [2.75, 3.05) is 6.54 Å². The smallest absolute Gasteiger partial charge is 0.431 e. The molecule has 2 aliphatic rings. The van der Waals surface area contributed by atoms with Crippen LogP contribution in [0.2, 0.25) is 0 Å². The fourth-order valence-electron chi connectivity index (χ4n) is 5.58. The fourth-order valence-corrected chi connectivity index (χ4v) is 5.58. The number of nitrogens with zero attached hydrogens (tertiary/aromatic N) is 3. The topological polar surface area (TPSA) is 90.7 Å². The third-order valence-electron chi connectivity index (χ3n) is 7.26. The molecule has 204 valence electrons. The van der Waals surface area contributed by atoms with E-state index in [-0.39, 0.29) is 18.3 Å². The predicted molar refractivity (Wildman–Crippen MR) is 138 cm³/mol. The standard InChI is InChI=1S/C29H29F2N3O5/c1-15(2)33-14-23(34-26(28(33)36)27(24(35)13-32-34)39-29(37)38-16(3)4)25-19-7-5-9-21(30)17(19)11-12-18-20(25)8-6-10-22(18)31/h5-10,13,15-16,23,25H,11-12,14H2,1-4H3/t23-/m1/s1. The van der Waals surface area contributed by atoms with Crippen molar-refractivity contribution < 1.29 is 27.8 Å². The first-order chi connectivity index (χ1) is 18.6. The van der Waals surface area contributed by atoms with Crippen molar-refractivity contribution in [3.63, 3.8) is 0 Å². The average Bonchev–Trinajstić information content (AvgIpc) is 3.04. The minimum atomic E-state index is -1.13. The summed E-state index contributed by atoms with van der Waals surface area (Å²) in [5, 5.41) is 4.31. The van der Waals surface area contributed by atoms with E-state index >= 15 is 8.78 Å². The summed E-state index contributed by atoms with van der Waals surface area (Å²) in [6.45, 7) is 7.03. The Balaban J connectivity index is 1.77. The summed E-state index contributed by atoms with van der Waals surface area (Å²) in [6, 6.07) is 8.60. The monoisotopic (exact) mass is 537 g/mol. The van der Waals surface area contributed by atoms with Crippen LogP contribution in [-0.4, -0.2) is 45.4 Å². The minimum Gasteiger partial charge on any atom is -0.431 e. The van der Waals surface area contributed by atoms with Gasteiger partial charge in [-0.3, -0.25) is 14.3 Å². The highest BCUT2D eigenvalue weighted by atomic mass is 19.1. The van der Waals surface area contributed by atoms with E-state index in [1.165, 1.54) is 16.8 Å². The largest absolute Gasteiger partial charge is 0.514 e. The van der Waals surface area contributed by atoms with Gasteiger partial charge in [-0.05, 0) is 74.9 Å². The molecule has 39 heavy (non-hydrogen) atoms. The molecule has 0 spiro atoms. The van der Waals surface area contributed by atoms with Gasteiger partial charge in [0.15, 0.2) is 5.69 Å². The zero-order valence-corrected chi connectivity index (χ0v) is 22.1. The van der Waals surface area contributed by atoms with E-state index in [0.29, 0.717) is 35.1 Å². The summed E-state index contributed by atoms with van der Waals surface area (Å²) in [5.74, 6) is -2.46. The molecular weight excluding hydrogens is 508 g/mol. The summed E-state index contributed by atoms with van der Waals surface area (Å²) in [4.78, 5) is 40.5. The van der Waals surface area contributed by atoms with Gasteiger partial charge in [-0.15, -0.1) is 0 Å². The number of rotatable bonds is 4. The Labute approximate surface area is 224 Å². The lowest BCUT2D eigenvalue weighted by Crippen LogP contribution is -2.50. The number of carbonyl (C=O) groups excluding carboxylic acids is 2. The van der Waals surface area contributed by atoms with Gasteiger partial charge in [0, 0.05) is 18.5 Å². The lowest BCUT2D eigenvalue weighted by atomic mass is 9.81. The van der Waals surface area contributed by atoms with E-state index in [9.17, 15) is 14.4 Å². The Morgan fingerprint density at radius 2 is 1.56 bits per heavy atom. The number of hydrogen-bond donors (Lipinski definition) is 0. The second kappa shape index (κ2) is 10.2. The molecule has 10 heteroatoms. The highest BCUT2D eigenvalue weighted by Crippen LogP contribution is 2.45. The zero-order valence-electron chi connectivity index (χ0n) is 22.1. The van der Waals surface area contributed by atoms with Crippen molar-refractivity contribution in [1.29, 1.82) is 0 Å². The molecule has 8 nitrogen and oxygen atoms in total. The number of amides is 1. The number of fused-ring (bicyclic) bond motifs is 3. The zero-order chi connectivity index (χ0) is 28.0. The first kappa shape index (κ1) is 26.5. The molecule has 0 fully saturated rings. The molecule has 5 rings (SSSR count). The summed E-state index contributed by atoms with van der Waals surface area (Å²) >= 11 is 0. The van der Waals surface area contributed by atoms with Crippen molar-refractivity contribution in [2.24, 2.45) is 0 Å². The summed E-state index contributed by atoms with van der Waals surface area (Å²) in [5.41, 5.74) is 1.24. The molecule has 3 aromatic rings. The molecular formula is C29H29F2N3O5. The van der Waals surface area contributed by atoms with E-state index in [0.717, 1.165) is 6.20 Å². The van der Waals surface area contributed by atoms with Crippen LogP contribution in [0.1, 0.15) is 72.4 Å². The number of ether oxygens (including phenoxy) is 2. The number of aromatic nitrogens is 2. The van der Waals surface area contributed by atoms with Crippen LogP contribution in [0.15, 0.2) is 47.4 Å². The van der Waals surface area contributed by atoms with E-state index < -0.39 is 52.9 Å². The van der Waals surface area contributed by atoms with Crippen LogP contribution in [0.5, 0.6) is 5.75 Å². The molecule has 1 aliphatic heterocycles. The van der Waals surface area contributed by atoms with Crippen LogP contribution in [-0.2, 0) is 17.6 Å². The molecule has 1 aromatic heterocycles. The first-order valence-corrected chi connectivity index (χ1v) is 12.9. The molecule has 0 N–H and O–H groups in total. The Hall–Kier alpha value is -4.08. The third kappa shape index (κ3) is 4.68. The molecule has 2 heterocycles. The van der Waals surface area contributed by atoms with Gasteiger partial charge < -0.3 is 14.4 Å². The maximum Gasteiger partial charge on any atom is 0.514 e. The van der Waals surface area contributed by atoms with Gasteiger partial charge in [-0.1, -0.05) is 24.3 Å². The van der Waals surface area contributed by atoms with Crippen LogP contribution < -0.4 is 10.2 Å². The molecule has 0 bridgehead atoms. The average molecular weight is 538 g/mol. The Morgan fingerprint density at radius 3 is 2.10 bits per heavy atom. The first-order valence-electron chi connectivity index (χ1n) is 12.9. The molecule has 0 saturated heterocycles. The number of hydrogen-bond acceptors (Lipinski definition) is 6. The quantitative estimate of drug-likeness (QED) is 0.445. The van der Waals surface area contributed by atoms with Crippen LogP contribution in [0.25, 0.3) is 0 Å². The van der Waals surface area contributed by atoms with Gasteiger partial charge in [0.25, 0.3) is 5.91 Å². The summed E-state index contributed by atoms with van der Waals surface area (Å²) in [6.07, 6.45) is -0.0751. The molecule has 0 saturated carbocycles. The Kier molecular flexibility index (Phi) is 6.96. The summed E-state index contributed by atoms with van der Waals surface area (Å²) < 4.78 is 42.0. The third-order valence-corrected chi connectivity index (χ3v) is 7.26. The lowest BCUT2D eigenvalue weighted by Gasteiger charge is -2.41. The van der Waals surface area contributed by atoms with Crippen molar-refractivity contribution in [1.82, 2.24) is 14.7 Å². The van der Waals surface area contributed by atoms with Crippen molar-refractivity contribution >= 4 is 12.1 Å². The summed E-state index contributed by atoms with van der Waals surface area (Å²) in [7, 11) is 0. The highest BCUT2D eigenvalue weighted by molar-refractivity contribution is 5.96. The Morgan fingerprint density at radius 1 is 0.974 bits per heavy atom. The van der Waals surface area contributed by atoms with Crippen LogP contribution in [0, 0.1) is 11.6 Å². The van der Waals surface area contributed by atoms with Crippen molar-refractivity contribution in [3.05, 3.63) is 92.4 Å². The van der Waals surface area contributed by atoms with Crippen molar-refractivity contribution in [2.45, 2.75) is 64.6 Å². The van der Waals surface area contributed by atoms with E-state index in [1.54, 1.807) is 43.0 Å². The minimum absolute atomic E-state index is 0.145. The number of benzene rings is 2. The highest BCUT2D eigenvalue weighted by Gasteiger charge is 2.43. The number of halogens is 2. The van der Waals surface area contributed by atoms with Gasteiger partial charge in [0.2, 0.25) is 11.2 Å².